The SMILES string of the molecule is CC(C)(C)C(=O)NCc1ccc(OC(F)(F)F)c(Nc2nc3cc(C#N)c(N4CCCC(C(F)(F)F)C4)cc3[nH]2)c1. The minimum absolute atomic E-state index is 0.00351. The molecule has 1 aromatic heterocycles. The third kappa shape index (κ3) is 7.33. The van der Waals surface area contributed by atoms with Gasteiger partial charge in [-0.25, -0.2) is 4.98 Å². The number of carbonyl (C=O) groups is 1. The Balaban J connectivity index is 1.64. The standard InChI is InChI=1S/C27H28F6N6O2/c1-25(2,3)23(40)35-13-15-6-7-22(41-27(31,32)33)20(9-15)38-24-36-18-10-16(12-34)21(11-19(18)37-24)39-8-4-5-17(14-39)26(28,29)30/h6-7,9-11,17H,4-5,8,13-14H2,1-3H3,(H,35,40)(H2,36,37,38). The van der Waals surface area contributed by atoms with E-state index in [1.54, 1.807) is 20.8 Å². The van der Waals surface area contributed by atoms with E-state index in [1.807, 2.05) is 6.07 Å². The van der Waals surface area contributed by atoms with E-state index in [0.717, 1.165) is 6.07 Å². The Labute approximate surface area is 231 Å². The molecule has 1 aliphatic rings. The highest BCUT2D eigenvalue weighted by Gasteiger charge is 2.42. The number of piperidine rings is 1. The van der Waals surface area contributed by atoms with Gasteiger partial charge < -0.3 is 25.3 Å². The predicted octanol–water partition coefficient (Wildman–Crippen LogP) is 6.52. The van der Waals surface area contributed by atoms with Gasteiger partial charge in [-0.15, -0.1) is 13.2 Å². The molecule has 3 aromatic rings. The van der Waals surface area contributed by atoms with E-state index in [4.69, 9.17) is 0 Å². The fraction of sp³-hybridized carbons (Fsp3) is 0.444. The molecule has 1 fully saturated rings. The summed E-state index contributed by atoms with van der Waals surface area (Å²) in [6, 6.07) is 8.78. The Kier molecular flexibility index (Phi) is 8.02. The average Bonchev–Trinajstić information content (AvgIpc) is 3.27. The van der Waals surface area contributed by atoms with Gasteiger partial charge >= 0.3 is 12.5 Å². The van der Waals surface area contributed by atoms with Crippen LogP contribution in [-0.4, -0.2) is 41.5 Å². The number of nitriles is 1. The number of rotatable bonds is 6. The van der Waals surface area contributed by atoms with Gasteiger partial charge in [-0.3, -0.25) is 4.79 Å². The number of halogens is 6. The molecule has 2 heterocycles. The summed E-state index contributed by atoms with van der Waals surface area (Å²) in [5.74, 6) is -2.31. The van der Waals surface area contributed by atoms with Crippen LogP contribution in [0.4, 0.5) is 43.7 Å². The van der Waals surface area contributed by atoms with Gasteiger partial charge in [-0.2, -0.15) is 18.4 Å². The Hall–Kier alpha value is -4.15. The topological polar surface area (TPSA) is 106 Å². The Morgan fingerprint density at radius 3 is 2.54 bits per heavy atom. The van der Waals surface area contributed by atoms with E-state index in [0.29, 0.717) is 29.7 Å². The molecule has 1 aliphatic heterocycles. The second-order valence-electron chi connectivity index (χ2n) is 10.8. The molecular formula is C27H28F6N6O2. The summed E-state index contributed by atoms with van der Waals surface area (Å²) in [6.07, 6.45) is -9.03. The van der Waals surface area contributed by atoms with Gasteiger partial charge in [0.2, 0.25) is 11.9 Å². The van der Waals surface area contributed by atoms with Crippen molar-refractivity contribution in [2.45, 2.75) is 52.7 Å². The lowest BCUT2D eigenvalue weighted by Gasteiger charge is -2.35. The van der Waals surface area contributed by atoms with Gasteiger partial charge in [0, 0.05) is 25.0 Å². The van der Waals surface area contributed by atoms with Gasteiger partial charge in [0.15, 0.2) is 5.75 Å². The predicted molar refractivity (Wildman–Crippen MR) is 140 cm³/mol. The highest BCUT2D eigenvalue weighted by atomic mass is 19.4. The second-order valence-corrected chi connectivity index (χ2v) is 10.8. The molecule has 0 spiro atoms. The van der Waals surface area contributed by atoms with E-state index < -0.39 is 29.6 Å². The monoisotopic (exact) mass is 582 g/mol. The minimum atomic E-state index is -4.98. The molecule has 4 rings (SSSR count). The Morgan fingerprint density at radius 2 is 1.90 bits per heavy atom. The van der Waals surface area contributed by atoms with Crippen LogP contribution in [0.15, 0.2) is 30.3 Å². The molecule has 0 aliphatic carbocycles. The van der Waals surface area contributed by atoms with Gasteiger partial charge in [-0.1, -0.05) is 26.8 Å². The van der Waals surface area contributed by atoms with Crippen LogP contribution >= 0.6 is 0 Å². The van der Waals surface area contributed by atoms with Crippen molar-refractivity contribution in [2.75, 3.05) is 23.3 Å². The van der Waals surface area contributed by atoms with Gasteiger partial charge in [0.05, 0.1) is 33.9 Å². The number of ether oxygens (including phenoxy) is 1. The van der Waals surface area contributed by atoms with E-state index >= 15 is 0 Å². The number of hydrogen-bond donors (Lipinski definition) is 3. The second kappa shape index (κ2) is 11.0. The summed E-state index contributed by atoms with van der Waals surface area (Å²) in [7, 11) is 0. The smallest absolute Gasteiger partial charge is 0.404 e. The first-order chi connectivity index (χ1) is 19.0. The fourth-order valence-corrected chi connectivity index (χ4v) is 4.49. The van der Waals surface area contributed by atoms with Crippen molar-refractivity contribution in [3.05, 3.63) is 41.5 Å². The Bertz CT molecular complexity index is 1470. The summed E-state index contributed by atoms with van der Waals surface area (Å²) in [6.45, 7) is 5.25. The van der Waals surface area contributed by atoms with Crippen LogP contribution in [0.2, 0.25) is 0 Å². The number of alkyl halides is 6. The lowest BCUT2D eigenvalue weighted by atomic mass is 9.95. The summed E-state index contributed by atoms with van der Waals surface area (Å²) < 4.78 is 83.5. The number of nitrogens with zero attached hydrogens (tertiary/aromatic N) is 3. The zero-order chi connectivity index (χ0) is 30.2. The van der Waals surface area contributed by atoms with E-state index in [9.17, 15) is 36.4 Å². The van der Waals surface area contributed by atoms with Crippen molar-refractivity contribution < 1.29 is 35.9 Å². The van der Waals surface area contributed by atoms with E-state index in [2.05, 4.69) is 25.3 Å². The minimum Gasteiger partial charge on any atom is -0.404 e. The van der Waals surface area contributed by atoms with Crippen molar-refractivity contribution in [3.63, 3.8) is 0 Å². The average molecular weight is 583 g/mol. The molecule has 1 amide bonds. The lowest BCUT2D eigenvalue weighted by molar-refractivity contribution is -0.274. The van der Waals surface area contributed by atoms with Crippen molar-refractivity contribution >= 4 is 34.3 Å². The third-order valence-corrected chi connectivity index (χ3v) is 6.60. The quantitative estimate of drug-likeness (QED) is 0.286. The van der Waals surface area contributed by atoms with Crippen LogP contribution in [0, 0.1) is 22.7 Å². The highest BCUT2D eigenvalue weighted by molar-refractivity contribution is 5.86. The van der Waals surface area contributed by atoms with Crippen LogP contribution in [0.3, 0.4) is 0 Å². The first-order valence-corrected chi connectivity index (χ1v) is 12.7. The molecule has 2 aromatic carbocycles. The van der Waals surface area contributed by atoms with Crippen molar-refractivity contribution in [1.82, 2.24) is 15.3 Å². The number of carbonyl (C=O) groups excluding carboxylic acids is 1. The molecule has 8 nitrogen and oxygen atoms in total. The van der Waals surface area contributed by atoms with Crippen LogP contribution in [0.1, 0.15) is 44.7 Å². The number of aromatic amines is 1. The van der Waals surface area contributed by atoms with Crippen LogP contribution in [0.25, 0.3) is 11.0 Å². The molecule has 0 radical (unpaired) electrons. The fourth-order valence-electron chi connectivity index (χ4n) is 4.49. The van der Waals surface area contributed by atoms with Crippen LogP contribution in [-0.2, 0) is 11.3 Å². The molecule has 1 saturated heterocycles. The third-order valence-electron chi connectivity index (χ3n) is 6.60. The van der Waals surface area contributed by atoms with Crippen LogP contribution in [0.5, 0.6) is 5.75 Å². The number of imidazole rings is 1. The summed E-state index contributed by atoms with van der Waals surface area (Å²) >= 11 is 0. The first-order valence-electron chi connectivity index (χ1n) is 12.7. The number of hydrogen-bond acceptors (Lipinski definition) is 6. The normalized spacial score (nSPS) is 16.4. The van der Waals surface area contributed by atoms with Gasteiger partial charge in [0.1, 0.15) is 6.07 Å². The summed E-state index contributed by atoms with van der Waals surface area (Å²) in [5.41, 5.74) is 0.782. The van der Waals surface area contributed by atoms with Gasteiger partial charge in [0.25, 0.3) is 0 Å². The number of fused-ring (bicyclic) bond motifs is 1. The Morgan fingerprint density at radius 1 is 1.17 bits per heavy atom. The maximum Gasteiger partial charge on any atom is 0.573 e. The largest absolute Gasteiger partial charge is 0.573 e. The molecular weight excluding hydrogens is 554 g/mol. The molecule has 1 atom stereocenters. The van der Waals surface area contributed by atoms with E-state index in [1.165, 1.54) is 29.2 Å². The highest BCUT2D eigenvalue weighted by Crippen LogP contribution is 2.37. The molecule has 220 valence electrons. The zero-order valence-corrected chi connectivity index (χ0v) is 22.4. The molecule has 41 heavy (non-hydrogen) atoms. The summed E-state index contributed by atoms with van der Waals surface area (Å²) in [4.78, 5) is 21.0. The van der Waals surface area contributed by atoms with Crippen molar-refractivity contribution in [2.24, 2.45) is 11.3 Å². The first kappa shape index (κ1) is 29.8. The zero-order valence-electron chi connectivity index (χ0n) is 22.4. The molecule has 0 bridgehead atoms. The summed E-state index contributed by atoms with van der Waals surface area (Å²) in [5, 5.41) is 15.2. The van der Waals surface area contributed by atoms with Gasteiger partial charge in [-0.05, 0) is 42.7 Å². The number of benzene rings is 2. The molecule has 0 saturated carbocycles. The van der Waals surface area contributed by atoms with Crippen molar-refractivity contribution in [3.8, 4) is 11.8 Å². The number of nitrogens with one attached hydrogen (secondary N) is 3. The molecule has 1 unspecified atom stereocenters. The number of H-pyrrole nitrogens is 1. The maximum atomic E-state index is 13.4. The number of aromatic nitrogens is 2. The number of anilines is 3. The van der Waals surface area contributed by atoms with Crippen LogP contribution < -0.4 is 20.3 Å². The van der Waals surface area contributed by atoms with E-state index in [-0.39, 0.29) is 48.1 Å². The molecule has 14 heteroatoms. The molecule has 3 N–H and O–H groups in total. The lowest BCUT2D eigenvalue weighted by Crippen LogP contribution is -2.42. The number of amides is 1. The van der Waals surface area contributed by atoms with Crippen molar-refractivity contribution in [1.29, 1.82) is 5.26 Å². The maximum absolute atomic E-state index is 13.4.